The summed E-state index contributed by atoms with van der Waals surface area (Å²) in [5.74, 6) is 0. The highest BCUT2D eigenvalue weighted by Gasteiger charge is 2.13. The van der Waals surface area contributed by atoms with Gasteiger partial charge in [-0.15, -0.1) is 0 Å². The Morgan fingerprint density at radius 1 is 1.46 bits per heavy atom. The maximum Gasteiger partial charge on any atom is 0.0386 e. The van der Waals surface area contributed by atoms with E-state index >= 15 is 0 Å². The number of hydrogen-bond acceptors (Lipinski definition) is 1. The van der Waals surface area contributed by atoms with Gasteiger partial charge in [-0.1, -0.05) is 22.0 Å². The van der Waals surface area contributed by atoms with Crippen LogP contribution < -0.4 is 5.32 Å². The molecule has 0 bridgehead atoms. The molecule has 1 N–H and O–H groups in total. The van der Waals surface area contributed by atoms with Gasteiger partial charge in [0.1, 0.15) is 0 Å². The average Bonchev–Trinajstić information content (AvgIpc) is 2.27. The Kier molecular flexibility index (Phi) is 2.58. The largest absolute Gasteiger partial charge is 0.382 e. The van der Waals surface area contributed by atoms with Gasteiger partial charge in [-0.25, -0.2) is 0 Å². The molecule has 1 aliphatic heterocycles. The molecule has 0 radical (unpaired) electrons. The van der Waals surface area contributed by atoms with Gasteiger partial charge in [0, 0.05) is 16.2 Å². The van der Waals surface area contributed by atoms with Gasteiger partial charge in [0.05, 0.1) is 0 Å². The second-order valence-electron chi connectivity index (χ2n) is 3.70. The molecule has 2 rings (SSSR count). The molecule has 0 saturated carbocycles. The quantitative estimate of drug-likeness (QED) is 0.730. The van der Waals surface area contributed by atoms with Crippen LogP contribution in [-0.4, -0.2) is 6.04 Å². The number of anilines is 1. The van der Waals surface area contributed by atoms with Crippen molar-refractivity contribution in [3.63, 3.8) is 0 Å². The summed E-state index contributed by atoms with van der Waals surface area (Å²) in [7, 11) is 0. The Hall–Kier alpha value is -0.500. The average molecular weight is 240 g/mol. The lowest BCUT2D eigenvalue weighted by molar-refractivity contribution is 0.674. The van der Waals surface area contributed by atoms with Crippen LogP contribution in [0.1, 0.15) is 25.3 Å². The van der Waals surface area contributed by atoms with Gasteiger partial charge in [0.15, 0.2) is 0 Å². The topological polar surface area (TPSA) is 12.0 Å². The number of hydrogen-bond donors (Lipinski definition) is 1. The van der Waals surface area contributed by atoms with Crippen LogP contribution >= 0.6 is 15.9 Å². The Morgan fingerprint density at radius 2 is 2.31 bits per heavy atom. The molecule has 1 aromatic rings. The normalized spacial score (nSPS) is 21.5. The lowest BCUT2D eigenvalue weighted by Crippen LogP contribution is -2.13. The van der Waals surface area contributed by atoms with Crippen LogP contribution in [0.2, 0.25) is 0 Å². The summed E-state index contributed by atoms with van der Waals surface area (Å²) < 4.78 is 1.24. The van der Waals surface area contributed by atoms with Gasteiger partial charge in [-0.3, -0.25) is 0 Å². The Balaban J connectivity index is 2.39. The summed E-state index contributed by atoms with van der Waals surface area (Å²) in [6.45, 7) is 2.25. The summed E-state index contributed by atoms with van der Waals surface area (Å²) in [6.07, 6.45) is 3.74. The van der Waals surface area contributed by atoms with E-state index in [9.17, 15) is 0 Å². The van der Waals surface area contributed by atoms with Crippen LogP contribution in [0.5, 0.6) is 0 Å². The number of halogens is 1. The molecule has 70 valence electrons. The molecule has 1 atom stereocenters. The number of nitrogens with one attached hydrogen (secondary N) is 1. The van der Waals surface area contributed by atoms with E-state index in [4.69, 9.17) is 0 Å². The smallest absolute Gasteiger partial charge is 0.0386 e. The van der Waals surface area contributed by atoms with Crippen LogP contribution in [0.4, 0.5) is 5.69 Å². The zero-order valence-corrected chi connectivity index (χ0v) is 9.39. The van der Waals surface area contributed by atoms with Crippen LogP contribution in [0.3, 0.4) is 0 Å². The van der Waals surface area contributed by atoms with E-state index in [2.05, 4.69) is 46.4 Å². The monoisotopic (exact) mass is 239 g/mol. The van der Waals surface area contributed by atoms with Crippen molar-refractivity contribution in [1.29, 1.82) is 0 Å². The van der Waals surface area contributed by atoms with Crippen LogP contribution in [0, 0.1) is 0 Å². The van der Waals surface area contributed by atoms with Crippen molar-refractivity contribution in [3.05, 3.63) is 28.2 Å². The van der Waals surface area contributed by atoms with E-state index in [1.54, 1.807) is 0 Å². The minimum atomic E-state index is 0.607. The second-order valence-corrected chi connectivity index (χ2v) is 4.56. The lowest BCUT2D eigenvalue weighted by atomic mass is 10.1. The highest BCUT2D eigenvalue weighted by Crippen LogP contribution is 2.29. The van der Waals surface area contributed by atoms with Crippen LogP contribution in [0.15, 0.2) is 22.7 Å². The molecular weight excluding hydrogens is 226 g/mol. The van der Waals surface area contributed by atoms with E-state index in [-0.39, 0.29) is 0 Å². The van der Waals surface area contributed by atoms with Crippen molar-refractivity contribution < 1.29 is 0 Å². The molecule has 1 unspecified atom stereocenters. The Labute approximate surface area is 87.7 Å². The fourth-order valence-corrected chi connectivity index (χ4v) is 2.44. The van der Waals surface area contributed by atoms with E-state index in [1.807, 2.05) is 0 Å². The maximum atomic E-state index is 3.60. The summed E-state index contributed by atoms with van der Waals surface area (Å²) in [6, 6.07) is 6.99. The van der Waals surface area contributed by atoms with Crippen molar-refractivity contribution in [2.45, 2.75) is 32.2 Å². The van der Waals surface area contributed by atoms with Crippen molar-refractivity contribution >= 4 is 21.6 Å². The highest BCUT2D eigenvalue weighted by atomic mass is 79.9. The van der Waals surface area contributed by atoms with Gasteiger partial charge < -0.3 is 5.32 Å². The molecule has 0 saturated heterocycles. The molecule has 1 nitrogen and oxygen atoms in total. The molecule has 0 amide bonds. The first-order chi connectivity index (χ1) is 6.27. The predicted molar refractivity (Wildman–Crippen MR) is 60.2 cm³/mol. The number of rotatable bonds is 0. The maximum absolute atomic E-state index is 3.60. The van der Waals surface area contributed by atoms with Gasteiger partial charge in [-0.05, 0) is 43.9 Å². The molecule has 1 aliphatic rings. The SMILES string of the molecule is CC1CCCc2c(Br)cccc2N1. The van der Waals surface area contributed by atoms with Crippen molar-refractivity contribution in [2.24, 2.45) is 0 Å². The van der Waals surface area contributed by atoms with Gasteiger partial charge >= 0.3 is 0 Å². The number of benzene rings is 1. The first-order valence-electron chi connectivity index (χ1n) is 4.81. The molecule has 0 fully saturated rings. The lowest BCUT2D eigenvalue weighted by Gasteiger charge is -2.13. The minimum Gasteiger partial charge on any atom is -0.382 e. The van der Waals surface area contributed by atoms with E-state index < -0.39 is 0 Å². The zero-order valence-electron chi connectivity index (χ0n) is 7.81. The molecule has 13 heavy (non-hydrogen) atoms. The predicted octanol–water partition coefficient (Wildman–Crippen LogP) is 3.59. The van der Waals surface area contributed by atoms with Crippen LogP contribution in [0.25, 0.3) is 0 Å². The fourth-order valence-electron chi connectivity index (χ4n) is 1.87. The fraction of sp³-hybridized carbons (Fsp3) is 0.455. The Bertz CT molecular complexity index is 309. The van der Waals surface area contributed by atoms with Gasteiger partial charge in [0.25, 0.3) is 0 Å². The summed E-state index contributed by atoms with van der Waals surface area (Å²) >= 11 is 3.60. The first-order valence-corrected chi connectivity index (χ1v) is 5.60. The third-order valence-electron chi connectivity index (χ3n) is 2.58. The molecule has 0 spiro atoms. The van der Waals surface area contributed by atoms with E-state index in [0.29, 0.717) is 6.04 Å². The third kappa shape index (κ3) is 1.88. The molecule has 0 aliphatic carbocycles. The molecule has 0 aromatic heterocycles. The summed E-state index contributed by atoms with van der Waals surface area (Å²) in [4.78, 5) is 0. The number of fused-ring (bicyclic) bond motifs is 1. The van der Waals surface area contributed by atoms with E-state index in [1.165, 1.54) is 35.0 Å². The molecule has 2 heteroatoms. The van der Waals surface area contributed by atoms with Crippen molar-refractivity contribution in [3.8, 4) is 0 Å². The summed E-state index contributed by atoms with van der Waals surface area (Å²) in [5.41, 5.74) is 2.74. The highest BCUT2D eigenvalue weighted by molar-refractivity contribution is 9.10. The molecule has 1 aromatic carbocycles. The van der Waals surface area contributed by atoms with E-state index in [0.717, 1.165) is 0 Å². The van der Waals surface area contributed by atoms with Gasteiger partial charge in [-0.2, -0.15) is 0 Å². The second kappa shape index (κ2) is 3.70. The minimum absolute atomic E-state index is 0.607. The molecular formula is C11H14BrN. The first kappa shape index (κ1) is 9.07. The van der Waals surface area contributed by atoms with Crippen LogP contribution in [-0.2, 0) is 6.42 Å². The third-order valence-corrected chi connectivity index (χ3v) is 3.33. The zero-order chi connectivity index (χ0) is 9.26. The van der Waals surface area contributed by atoms with Crippen molar-refractivity contribution in [1.82, 2.24) is 0 Å². The van der Waals surface area contributed by atoms with Gasteiger partial charge in [0.2, 0.25) is 0 Å². The summed E-state index contributed by atoms with van der Waals surface area (Å²) in [5, 5.41) is 3.53. The standard InChI is InChI=1S/C11H14BrN/c1-8-4-2-5-9-10(12)6-3-7-11(9)13-8/h3,6-8,13H,2,4-5H2,1H3. The molecule has 1 heterocycles. The Morgan fingerprint density at radius 3 is 3.15 bits per heavy atom. The van der Waals surface area contributed by atoms with Crippen molar-refractivity contribution in [2.75, 3.05) is 5.32 Å².